The zero-order valence-electron chi connectivity index (χ0n) is 44.7. The summed E-state index contributed by atoms with van der Waals surface area (Å²) in [6.07, 6.45) is -16.8. The van der Waals surface area contributed by atoms with Gasteiger partial charge in [0.2, 0.25) is 11.8 Å². The number of likely N-dealkylation sites (tertiary alicyclic amines) is 2. The van der Waals surface area contributed by atoms with E-state index in [9.17, 15) is 62.3 Å². The van der Waals surface area contributed by atoms with Crippen molar-refractivity contribution in [3.05, 3.63) is 130 Å². The molecule has 2 amide bonds. The van der Waals surface area contributed by atoms with E-state index >= 15 is 0 Å². The molecule has 2 heterocycles. The smallest absolute Gasteiger partial charge is 0.416 e. The SMILES string of the molecule is CC(C)(C)[C@H](NC(=S)Nc1cc(C(F)(F)F)cc(C(F)(F)F)c1)C(=O)N1CCC[C@@H]1c1ccccc1.CC(C)(C)[C@H](NC(=S)Nc1cc(C(F)(F)F)cc(C(F)(F)F)c1)C(=O)N1CCC[C@@H]1c1ccccc1.C[N+](C)(C)C.[Cl-]. The lowest BCUT2D eigenvalue weighted by Crippen LogP contribution is -3.00. The molecule has 2 fully saturated rings. The number of quaternary nitrogens is 1. The Labute approximate surface area is 464 Å². The van der Waals surface area contributed by atoms with Crippen LogP contribution in [0.15, 0.2) is 97.1 Å². The molecule has 6 rings (SSSR count). The van der Waals surface area contributed by atoms with Gasteiger partial charge in [-0.3, -0.25) is 9.59 Å². The van der Waals surface area contributed by atoms with Crippen molar-refractivity contribution < 1.29 is 79.2 Å². The number of halogens is 13. The predicted molar refractivity (Wildman–Crippen MR) is 282 cm³/mol. The molecule has 4 atom stereocenters. The molecule has 0 aromatic heterocycles. The molecule has 0 bridgehead atoms. The lowest BCUT2D eigenvalue weighted by atomic mass is 9.85. The molecule has 9 nitrogen and oxygen atoms in total. The van der Waals surface area contributed by atoms with E-state index in [1.54, 1.807) is 51.3 Å². The third kappa shape index (κ3) is 20.1. The second-order valence-corrected chi connectivity index (χ2v) is 23.1. The Hall–Kier alpha value is -5.39. The lowest BCUT2D eigenvalue weighted by Gasteiger charge is -2.36. The van der Waals surface area contributed by atoms with Crippen LogP contribution in [0.1, 0.15) is 113 Å². The fourth-order valence-electron chi connectivity index (χ4n) is 8.38. The highest BCUT2D eigenvalue weighted by Crippen LogP contribution is 2.41. The normalized spacial score (nSPS) is 17.0. The van der Waals surface area contributed by atoms with Crippen LogP contribution in [-0.2, 0) is 34.3 Å². The number of hydrogen-bond acceptors (Lipinski definition) is 4. The molecule has 4 aromatic rings. The van der Waals surface area contributed by atoms with Crippen LogP contribution in [0.3, 0.4) is 0 Å². The van der Waals surface area contributed by atoms with Gasteiger partial charge in [0.1, 0.15) is 12.1 Å². The summed E-state index contributed by atoms with van der Waals surface area (Å²) in [4.78, 5) is 30.7. The van der Waals surface area contributed by atoms with Gasteiger partial charge in [-0.2, -0.15) is 52.7 Å². The Kier molecular flexibility index (Phi) is 22.5. The van der Waals surface area contributed by atoms with Crippen LogP contribution in [0.4, 0.5) is 64.1 Å². The molecule has 0 saturated carbocycles. The van der Waals surface area contributed by atoms with Gasteiger partial charge < -0.3 is 48.0 Å². The molecule has 2 aliphatic heterocycles. The minimum atomic E-state index is -4.99. The van der Waals surface area contributed by atoms with Crippen LogP contribution in [-0.4, -0.2) is 89.7 Å². The molecule has 0 unspecified atom stereocenters. The van der Waals surface area contributed by atoms with E-state index in [1.807, 2.05) is 60.7 Å². The summed E-state index contributed by atoms with van der Waals surface area (Å²) in [7, 11) is 8.50. The number of alkyl halides is 12. The molecule has 78 heavy (non-hydrogen) atoms. The Morgan fingerprint density at radius 2 is 0.756 bits per heavy atom. The number of anilines is 2. The van der Waals surface area contributed by atoms with Crippen molar-refractivity contribution in [3.63, 3.8) is 0 Å². The average molecular weight is 1170 g/mol. The van der Waals surface area contributed by atoms with Crippen LogP contribution < -0.4 is 33.7 Å². The molecule has 2 saturated heterocycles. The van der Waals surface area contributed by atoms with Gasteiger partial charge in [0, 0.05) is 24.5 Å². The standard InChI is InChI=1S/2C25H27F6N3OS.C4H12N.ClH/c2*1-23(2,3)20(21(35)34-11-7-10-19(34)15-8-5-4-6-9-15)33-22(36)32-18-13-16(24(26,27)28)12-17(14-18)25(29,30)31;1-5(2,3)4;/h2*4-6,8-9,12-14,19-20H,7,10-11H2,1-3H3,(H2,32,33,36);1-4H3;1H/q;;+1;/p-1/t2*19-,20-;;/m11../s1. The van der Waals surface area contributed by atoms with Gasteiger partial charge in [0.05, 0.1) is 62.5 Å². The first-order chi connectivity index (χ1) is 35.1. The zero-order valence-corrected chi connectivity index (χ0v) is 47.1. The summed E-state index contributed by atoms with van der Waals surface area (Å²) in [6, 6.07) is 19.3. The number of nitrogens with zero attached hydrogens (tertiary/aromatic N) is 3. The Morgan fingerprint density at radius 3 is 0.987 bits per heavy atom. The van der Waals surface area contributed by atoms with Crippen LogP contribution >= 0.6 is 24.4 Å². The molecule has 24 heteroatoms. The van der Waals surface area contributed by atoms with Gasteiger partial charge in [0.25, 0.3) is 0 Å². The maximum atomic E-state index is 13.6. The van der Waals surface area contributed by atoms with Gasteiger partial charge in [-0.15, -0.1) is 0 Å². The van der Waals surface area contributed by atoms with Gasteiger partial charge >= 0.3 is 24.7 Å². The number of amides is 2. The van der Waals surface area contributed by atoms with Gasteiger partial charge in [-0.05, 0) is 108 Å². The van der Waals surface area contributed by atoms with Crippen molar-refractivity contribution in [2.45, 2.75) is 116 Å². The van der Waals surface area contributed by atoms with Crippen LogP contribution in [0.5, 0.6) is 0 Å². The largest absolute Gasteiger partial charge is 1.00 e. The quantitative estimate of drug-likeness (QED) is 0.0789. The van der Waals surface area contributed by atoms with E-state index in [2.05, 4.69) is 49.5 Å². The molecule has 432 valence electrons. The molecular weight excluding hydrogens is 1110 g/mol. The van der Waals surface area contributed by atoms with E-state index in [-0.39, 0.29) is 58.7 Å². The van der Waals surface area contributed by atoms with E-state index in [0.29, 0.717) is 37.4 Å². The zero-order chi connectivity index (χ0) is 58.3. The Morgan fingerprint density at radius 1 is 0.500 bits per heavy atom. The summed E-state index contributed by atoms with van der Waals surface area (Å²) in [5.41, 5.74) is -6.20. The molecule has 4 N–H and O–H groups in total. The number of rotatable bonds is 8. The molecule has 4 aromatic carbocycles. The molecular formula is C54H66ClF12N7O2S2. The van der Waals surface area contributed by atoms with Crippen molar-refractivity contribution in [2.24, 2.45) is 10.8 Å². The van der Waals surface area contributed by atoms with Crippen LogP contribution in [0.25, 0.3) is 0 Å². The van der Waals surface area contributed by atoms with Crippen molar-refractivity contribution in [2.75, 3.05) is 51.9 Å². The highest BCUT2D eigenvalue weighted by atomic mass is 35.5. The summed E-state index contributed by atoms with van der Waals surface area (Å²) in [5, 5.41) is 9.97. The minimum absolute atomic E-state index is 0. The number of carbonyl (C=O) groups excluding carboxylic acids is 2. The number of benzene rings is 4. The average Bonchev–Trinajstić information content (AvgIpc) is 3.99. The van der Waals surface area contributed by atoms with Crippen molar-refractivity contribution in [3.8, 4) is 0 Å². The van der Waals surface area contributed by atoms with Crippen LogP contribution in [0.2, 0.25) is 0 Å². The van der Waals surface area contributed by atoms with Gasteiger partial charge in [-0.1, -0.05) is 102 Å². The summed E-state index contributed by atoms with van der Waals surface area (Å²) in [6.45, 7) is 11.8. The molecule has 2 aliphatic rings. The number of carbonyl (C=O) groups is 2. The first kappa shape index (κ1) is 66.9. The highest BCUT2D eigenvalue weighted by molar-refractivity contribution is 7.80. The van der Waals surface area contributed by atoms with Gasteiger partial charge in [-0.25, -0.2) is 0 Å². The first-order valence-corrected chi connectivity index (χ1v) is 25.2. The maximum absolute atomic E-state index is 13.6. The van der Waals surface area contributed by atoms with Crippen molar-refractivity contribution in [1.29, 1.82) is 0 Å². The second kappa shape index (κ2) is 26.3. The lowest BCUT2D eigenvalue weighted by molar-refractivity contribution is -0.849. The maximum Gasteiger partial charge on any atom is 0.416 e. The summed E-state index contributed by atoms with van der Waals surface area (Å²) < 4.78 is 159. The summed E-state index contributed by atoms with van der Waals surface area (Å²) >= 11 is 10.4. The van der Waals surface area contributed by atoms with Crippen molar-refractivity contribution >= 4 is 57.8 Å². The Bertz CT molecular complexity index is 2410. The third-order valence-corrected chi connectivity index (χ3v) is 12.3. The van der Waals surface area contributed by atoms with E-state index < -0.39 is 81.2 Å². The topological polar surface area (TPSA) is 88.7 Å². The predicted octanol–water partition coefficient (Wildman–Crippen LogP) is 10.9. The number of nitrogens with one attached hydrogen (secondary N) is 4. The van der Waals surface area contributed by atoms with E-state index in [4.69, 9.17) is 24.4 Å². The van der Waals surface area contributed by atoms with Crippen LogP contribution in [0, 0.1) is 10.8 Å². The minimum Gasteiger partial charge on any atom is -1.00 e. The summed E-state index contributed by atoms with van der Waals surface area (Å²) in [5.74, 6) is -0.504. The van der Waals surface area contributed by atoms with E-state index in [1.165, 1.54) is 0 Å². The number of hydrogen-bond donors (Lipinski definition) is 4. The third-order valence-electron chi connectivity index (χ3n) is 11.9. The molecule has 0 aliphatic carbocycles. The molecule has 0 spiro atoms. The first-order valence-electron chi connectivity index (χ1n) is 24.4. The fourth-order valence-corrected chi connectivity index (χ4v) is 8.86. The van der Waals surface area contributed by atoms with Crippen molar-refractivity contribution in [1.82, 2.24) is 20.4 Å². The number of thiocarbonyl (C=S) groups is 2. The van der Waals surface area contributed by atoms with E-state index in [0.717, 1.165) is 41.3 Å². The highest BCUT2D eigenvalue weighted by Gasteiger charge is 2.43. The fraction of sp³-hybridized carbons (Fsp3) is 0.481. The molecule has 0 radical (unpaired) electrons. The van der Waals surface area contributed by atoms with Gasteiger partial charge in [0.15, 0.2) is 10.2 Å². The Balaban J connectivity index is 0.000000373. The monoisotopic (exact) mass is 1170 g/mol. The second-order valence-electron chi connectivity index (χ2n) is 22.3.